The smallest absolute Gasteiger partial charge is 0.341 e. The SMILES string of the molecule is O=C(O)COc1nc2cc(-c3ccccc3)c(Cl)cc2[nH]1. The third kappa shape index (κ3) is 2.83. The zero-order valence-corrected chi connectivity index (χ0v) is 11.6. The number of carbonyl (C=O) groups is 1. The number of H-pyrrole nitrogens is 1. The highest BCUT2D eigenvalue weighted by Gasteiger charge is 2.10. The minimum absolute atomic E-state index is 0.161. The molecule has 0 unspecified atom stereocenters. The molecular formula is C15H11ClN2O3. The number of rotatable bonds is 4. The number of benzene rings is 2. The molecule has 2 aromatic carbocycles. The van der Waals surface area contributed by atoms with E-state index in [1.54, 1.807) is 6.07 Å². The van der Waals surface area contributed by atoms with Crippen molar-refractivity contribution in [2.75, 3.05) is 6.61 Å². The van der Waals surface area contributed by atoms with Crippen LogP contribution in [0, 0.1) is 0 Å². The van der Waals surface area contributed by atoms with E-state index in [2.05, 4.69) is 9.97 Å². The van der Waals surface area contributed by atoms with Gasteiger partial charge in [0.2, 0.25) is 0 Å². The Bertz CT molecular complexity index is 799. The van der Waals surface area contributed by atoms with Crippen molar-refractivity contribution in [3.63, 3.8) is 0 Å². The molecule has 0 saturated carbocycles. The molecule has 0 aliphatic carbocycles. The van der Waals surface area contributed by atoms with Crippen molar-refractivity contribution in [2.45, 2.75) is 0 Å². The van der Waals surface area contributed by atoms with Gasteiger partial charge in [-0.3, -0.25) is 0 Å². The second-order valence-electron chi connectivity index (χ2n) is 4.44. The Morgan fingerprint density at radius 2 is 2.05 bits per heavy atom. The number of aliphatic carboxylic acids is 1. The van der Waals surface area contributed by atoms with Crippen LogP contribution in [0.5, 0.6) is 6.01 Å². The zero-order valence-electron chi connectivity index (χ0n) is 10.8. The number of fused-ring (bicyclic) bond motifs is 1. The molecule has 0 atom stereocenters. The highest BCUT2D eigenvalue weighted by atomic mass is 35.5. The Morgan fingerprint density at radius 1 is 1.29 bits per heavy atom. The number of nitrogens with one attached hydrogen (secondary N) is 1. The van der Waals surface area contributed by atoms with E-state index in [4.69, 9.17) is 21.4 Å². The lowest BCUT2D eigenvalue weighted by molar-refractivity contribution is -0.139. The van der Waals surface area contributed by atoms with Crippen LogP contribution >= 0.6 is 11.6 Å². The summed E-state index contributed by atoms with van der Waals surface area (Å²) in [6, 6.07) is 13.5. The summed E-state index contributed by atoms with van der Waals surface area (Å²) in [7, 11) is 0. The van der Waals surface area contributed by atoms with Crippen LogP contribution in [0.25, 0.3) is 22.2 Å². The van der Waals surface area contributed by atoms with Gasteiger partial charge in [-0.25, -0.2) is 4.79 Å². The van der Waals surface area contributed by atoms with Gasteiger partial charge in [0.05, 0.1) is 16.1 Å². The molecule has 1 aromatic heterocycles. The number of nitrogens with zero attached hydrogens (tertiary/aromatic N) is 1. The van der Waals surface area contributed by atoms with Crippen molar-refractivity contribution < 1.29 is 14.6 Å². The Hall–Kier alpha value is -2.53. The molecule has 6 heteroatoms. The lowest BCUT2D eigenvalue weighted by Crippen LogP contribution is -2.09. The van der Waals surface area contributed by atoms with Crippen LogP contribution in [0.1, 0.15) is 0 Å². The van der Waals surface area contributed by atoms with Crippen molar-refractivity contribution in [3.05, 3.63) is 47.5 Å². The summed E-state index contributed by atoms with van der Waals surface area (Å²) in [5.74, 6) is -1.06. The molecule has 2 N–H and O–H groups in total. The van der Waals surface area contributed by atoms with E-state index < -0.39 is 12.6 Å². The molecule has 0 spiro atoms. The van der Waals surface area contributed by atoms with Gasteiger partial charge >= 0.3 is 5.97 Å². The van der Waals surface area contributed by atoms with Gasteiger partial charge in [0.1, 0.15) is 0 Å². The minimum atomic E-state index is -1.06. The fourth-order valence-electron chi connectivity index (χ4n) is 2.04. The van der Waals surface area contributed by atoms with Crippen LogP contribution in [0.2, 0.25) is 5.02 Å². The predicted octanol–water partition coefficient (Wildman–Crippen LogP) is 3.35. The third-order valence-electron chi connectivity index (χ3n) is 2.97. The third-order valence-corrected chi connectivity index (χ3v) is 3.28. The summed E-state index contributed by atoms with van der Waals surface area (Å²) in [5, 5.41) is 9.18. The number of carboxylic acid groups (broad SMARTS) is 1. The topological polar surface area (TPSA) is 75.2 Å². The predicted molar refractivity (Wildman–Crippen MR) is 79.7 cm³/mol. The number of halogens is 1. The van der Waals surface area contributed by atoms with E-state index in [9.17, 15) is 4.79 Å². The van der Waals surface area contributed by atoms with E-state index in [1.165, 1.54) is 0 Å². The monoisotopic (exact) mass is 302 g/mol. The zero-order chi connectivity index (χ0) is 14.8. The molecule has 1 heterocycles. The largest absolute Gasteiger partial charge is 0.479 e. The van der Waals surface area contributed by atoms with Crippen LogP contribution in [0.15, 0.2) is 42.5 Å². The molecule has 3 aromatic rings. The molecular weight excluding hydrogens is 292 g/mol. The van der Waals surface area contributed by atoms with Gasteiger partial charge in [-0.2, -0.15) is 4.98 Å². The van der Waals surface area contributed by atoms with E-state index in [0.717, 1.165) is 11.1 Å². The Labute approximate surface area is 125 Å². The molecule has 0 amide bonds. The van der Waals surface area contributed by atoms with Gasteiger partial charge in [-0.05, 0) is 17.7 Å². The first-order valence-corrected chi connectivity index (χ1v) is 6.60. The molecule has 0 fully saturated rings. The fourth-order valence-corrected chi connectivity index (χ4v) is 2.32. The lowest BCUT2D eigenvalue weighted by Gasteiger charge is -2.03. The number of hydrogen-bond acceptors (Lipinski definition) is 3. The number of imidazole rings is 1. The van der Waals surface area contributed by atoms with Crippen molar-refractivity contribution >= 4 is 28.6 Å². The van der Waals surface area contributed by atoms with Crippen LogP contribution in [-0.4, -0.2) is 27.7 Å². The molecule has 106 valence electrons. The van der Waals surface area contributed by atoms with Crippen molar-refractivity contribution in [2.24, 2.45) is 0 Å². The molecule has 5 nitrogen and oxygen atoms in total. The fraction of sp³-hybridized carbons (Fsp3) is 0.0667. The number of aromatic amines is 1. The first-order valence-electron chi connectivity index (χ1n) is 6.23. The quantitative estimate of drug-likeness (QED) is 0.775. The molecule has 0 radical (unpaired) electrons. The molecule has 21 heavy (non-hydrogen) atoms. The van der Waals surface area contributed by atoms with Crippen molar-refractivity contribution in [1.29, 1.82) is 0 Å². The Kier molecular flexibility index (Phi) is 3.50. The average molecular weight is 303 g/mol. The minimum Gasteiger partial charge on any atom is -0.479 e. The van der Waals surface area contributed by atoms with Gasteiger partial charge in [0, 0.05) is 5.56 Å². The van der Waals surface area contributed by atoms with Gasteiger partial charge in [0.25, 0.3) is 6.01 Å². The first-order chi connectivity index (χ1) is 10.1. The maximum absolute atomic E-state index is 10.5. The second kappa shape index (κ2) is 5.46. The summed E-state index contributed by atoms with van der Waals surface area (Å²) in [6.07, 6.45) is 0. The van der Waals surface area contributed by atoms with Gasteiger partial charge in [-0.1, -0.05) is 41.9 Å². The van der Waals surface area contributed by atoms with Crippen LogP contribution < -0.4 is 4.74 Å². The van der Waals surface area contributed by atoms with Crippen molar-refractivity contribution in [3.8, 4) is 17.1 Å². The van der Waals surface area contributed by atoms with E-state index in [1.807, 2.05) is 36.4 Å². The Balaban J connectivity index is 2.01. The highest BCUT2D eigenvalue weighted by Crippen LogP contribution is 2.32. The molecule has 0 bridgehead atoms. The van der Waals surface area contributed by atoms with Crippen LogP contribution in [0.3, 0.4) is 0 Å². The van der Waals surface area contributed by atoms with Crippen LogP contribution in [0.4, 0.5) is 0 Å². The standard InChI is InChI=1S/C15H11ClN2O3/c16-11-7-13-12(17-15(18-13)21-8-14(19)20)6-10(11)9-4-2-1-3-5-9/h1-7H,8H2,(H,17,18)(H,19,20). The van der Waals surface area contributed by atoms with Gasteiger partial charge in [-0.15, -0.1) is 0 Å². The summed E-state index contributed by atoms with van der Waals surface area (Å²) < 4.78 is 5.03. The second-order valence-corrected chi connectivity index (χ2v) is 4.85. The summed E-state index contributed by atoms with van der Waals surface area (Å²) in [6.45, 7) is -0.445. The van der Waals surface area contributed by atoms with E-state index in [-0.39, 0.29) is 6.01 Å². The van der Waals surface area contributed by atoms with Gasteiger partial charge < -0.3 is 14.8 Å². The normalized spacial score (nSPS) is 10.7. The van der Waals surface area contributed by atoms with E-state index >= 15 is 0 Å². The number of ether oxygens (including phenoxy) is 1. The number of carboxylic acids is 1. The number of aromatic nitrogens is 2. The maximum atomic E-state index is 10.5. The Morgan fingerprint density at radius 3 is 2.76 bits per heavy atom. The molecule has 0 saturated heterocycles. The highest BCUT2D eigenvalue weighted by molar-refractivity contribution is 6.34. The maximum Gasteiger partial charge on any atom is 0.341 e. The summed E-state index contributed by atoms with van der Waals surface area (Å²) in [4.78, 5) is 17.6. The molecule has 0 aliphatic rings. The summed E-state index contributed by atoms with van der Waals surface area (Å²) >= 11 is 6.29. The van der Waals surface area contributed by atoms with Crippen LogP contribution in [-0.2, 0) is 4.79 Å². The molecule has 0 aliphatic heterocycles. The van der Waals surface area contributed by atoms with E-state index in [0.29, 0.717) is 16.1 Å². The van der Waals surface area contributed by atoms with Gasteiger partial charge in [0.15, 0.2) is 6.61 Å². The average Bonchev–Trinajstić information content (AvgIpc) is 2.87. The first kappa shape index (κ1) is 13.5. The number of hydrogen-bond donors (Lipinski definition) is 2. The van der Waals surface area contributed by atoms with Crippen molar-refractivity contribution in [1.82, 2.24) is 9.97 Å². The lowest BCUT2D eigenvalue weighted by atomic mass is 10.1. The summed E-state index contributed by atoms with van der Waals surface area (Å²) in [5.41, 5.74) is 3.21. The molecule has 3 rings (SSSR count).